The van der Waals surface area contributed by atoms with E-state index in [1.807, 2.05) is 37.5 Å². The van der Waals surface area contributed by atoms with E-state index in [1.165, 1.54) is 6.08 Å². The number of nitrogens with zero attached hydrogens (tertiary/aromatic N) is 2. The molecule has 0 aliphatic carbocycles. The number of halogens is 1. The predicted octanol–water partition coefficient (Wildman–Crippen LogP) is 5.30. The van der Waals surface area contributed by atoms with Crippen molar-refractivity contribution in [1.29, 1.82) is 5.26 Å². The minimum absolute atomic E-state index is 0.0498. The summed E-state index contributed by atoms with van der Waals surface area (Å²) in [6.07, 6.45) is 1.53. The van der Waals surface area contributed by atoms with Crippen molar-refractivity contribution in [3.63, 3.8) is 0 Å². The lowest BCUT2D eigenvalue weighted by Gasteiger charge is -2.13. The van der Waals surface area contributed by atoms with Crippen molar-refractivity contribution in [3.8, 4) is 11.8 Å². The Labute approximate surface area is 185 Å². The van der Waals surface area contributed by atoms with Gasteiger partial charge in [0.15, 0.2) is 0 Å². The second-order valence-electron chi connectivity index (χ2n) is 7.10. The van der Waals surface area contributed by atoms with Crippen molar-refractivity contribution in [2.75, 3.05) is 5.32 Å². The highest BCUT2D eigenvalue weighted by molar-refractivity contribution is 6.30. The van der Waals surface area contributed by atoms with Gasteiger partial charge in [0.1, 0.15) is 11.6 Å². The number of nitrogens with one attached hydrogen (secondary N) is 1. The number of hydrogen-bond donors (Lipinski definition) is 2. The molecule has 0 saturated heterocycles. The number of aromatic nitrogens is 1. The summed E-state index contributed by atoms with van der Waals surface area (Å²) in [5.41, 5.74) is 4.64. The molecule has 1 heterocycles. The van der Waals surface area contributed by atoms with Gasteiger partial charge >= 0.3 is 5.97 Å². The van der Waals surface area contributed by atoms with Crippen LogP contribution in [0.15, 0.2) is 54.1 Å². The van der Waals surface area contributed by atoms with E-state index in [0.717, 1.165) is 22.6 Å². The summed E-state index contributed by atoms with van der Waals surface area (Å²) in [5.74, 6) is -1.53. The second kappa shape index (κ2) is 8.90. The van der Waals surface area contributed by atoms with Crippen molar-refractivity contribution in [3.05, 3.63) is 87.2 Å². The van der Waals surface area contributed by atoms with Crippen LogP contribution >= 0.6 is 11.6 Å². The number of carbonyl (C=O) groups excluding carboxylic acids is 1. The predicted molar refractivity (Wildman–Crippen MR) is 121 cm³/mol. The van der Waals surface area contributed by atoms with Crippen LogP contribution in [-0.4, -0.2) is 21.6 Å². The van der Waals surface area contributed by atoms with Crippen molar-refractivity contribution in [2.45, 2.75) is 20.8 Å². The van der Waals surface area contributed by atoms with Gasteiger partial charge in [-0.25, -0.2) is 4.79 Å². The Kier molecular flexibility index (Phi) is 6.28. The first-order chi connectivity index (χ1) is 14.7. The van der Waals surface area contributed by atoms with E-state index in [-0.39, 0.29) is 11.1 Å². The third kappa shape index (κ3) is 4.68. The number of benzene rings is 2. The van der Waals surface area contributed by atoms with Crippen molar-refractivity contribution >= 4 is 35.2 Å². The fourth-order valence-corrected chi connectivity index (χ4v) is 3.45. The van der Waals surface area contributed by atoms with Gasteiger partial charge < -0.3 is 15.0 Å². The second-order valence-corrected chi connectivity index (χ2v) is 7.54. The molecule has 1 aromatic heterocycles. The van der Waals surface area contributed by atoms with Crippen LogP contribution < -0.4 is 5.32 Å². The molecule has 0 atom stereocenters. The van der Waals surface area contributed by atoms with Crippen LogP contribution in [0, 0.1) is 32.1 Å². The summed E-state index contributed by atoms with van der Waals surface area (Å²) >= 11 is 5.86. The summed E-state index contributed by atoms with van der Waals surface area (Å²) < 4.78 is 1.92. The molecule has 31 heavy (non-hydrogen) atoms. The highest BCUT2D eigenvalue weighted by Crippen LogP contribution is 2.26. The van der Waals surface area contributed by atoms with E-state index in [4.69, 9.17) is 11.6 Å². The zero-order valence-electron chi connectivity index (χ0n) is 17.2. The molecule has 6 nitrogen and oxygen atoms in total. The molecule has 0 bridgehead atoms. The number of hydrogen-bond acceptors (Lipinski definition) is 3. The van der Waals surface area contributed by atoms with E-state index in [2.05, 4.69) is 5.32 Å². The average Bonchev–Trinajstić information content (AvgIpc) is 3.01. The van der Waals surface area contributed by atoms with Gasteiger partial charge in [0, 0.05) is 27.8 Å². The molecule has 0 unspecified atom stereocenters. The number of carbonyl (C=O) groups is 2. The fraction of sp³-hybridized carbons (Fsp3) is 0.125. The number of amides is 1. The normalized spacial score (nSPS) is 11.1. The van der Waals surface area contributed by atoms with Gasteiger partial charge in [-0.1, -0.05) is 17.7 Å². The molecule has 0 saturated carbocycles. The number of aromatic carboxylic acids is 1. The zero-order chi connectivity index (χ0) is 22.7. The van der Waals surface area contributed by atoms with Crippen molar-refractivity contribution < 1.29 is 14.7 Å². The monoisotopic (exact) mass is 433 g/mol. The molecule has 3 aromatic rings. The molecule has 0 fully saturated rings. The summed E-state index contributed by atoms with van der Waals surface area (Å²) in [7, 11) is 0. The van der Waals surface area contributed by atoms with Gasteiger partial charge in [0.05, 0.1) is 5.56 Å². The lowest BCUT2D eigenvalue weighted by molar-refractivity contribution is -0.112. The maximum absolute atomic E-state index is 12.6. The quantitative estimate of drug-likeness (QED) is 0.421. The maximum Gasteiger partial charge on any atom is 0.335 e. The standard InChI is InChI=1S/C24H20ClN3O3/c1-14-4-5-17(24(30)31)12-22(14)28-15(2)10-18(16(28)3)11-19(13-26)23(29)27-21-8-6-20(25)7-9-21/h4-12H,1-3H3,(H,27,29)(H,30,31)/b19-11-. The Morgan fingerprint density at radius 1 is 1.10 bits per heavy atom. The molecular weight excluding hydrogens is 414 g/mol. The van der Waals surface area contributed by atoms with Crippen LogP contribution in [0.2, 0.25) is 5.02 Å². The lowest BCUT2D eigenvalue weighted by Crippen LogP contribution is -2.13. The SMILES string of the molecule is Cc1ccc(C(=O)O)cc1-n1c(C)cc(/C=C(/C#N)C(=O)Nc2ccc(Cl)cc2)c1C. The van der Waals surface area contributed by atoms with Crippen LogP contribution in [-0.2, 0) is 4.79 Å². The minimum atomic E-state index is -1.01. The largest absolute Gasteiger partial charge is 0.478 e. The average molecular weight is 434 g/mol. The van der Waals surface area contributed by atoms with Gasteiger partial charge in [0.2, 0.25) is 0 Å². The molecule has 156 valence electrons. The zero-order valence-corrected chi connectivity index (χ0v) is 18.0. The van der Waals surface area contributed by atoms with E-state index in [9.17, 15) is 20.0 Å². The number of aryl methyl sites for hydroxylation is 2. The number of carboxylic acids is 1. The number of nitriles is 1. The number of carboxylic acid groups (broad SMARTS) is 1. The topological polar surface area (TPSA) is 95.1 Å². The molecule has 0 aliphatic rings. The van der Waals surface area contributed by atoms with Crippen LogP contribution in [0.3, 0.4) is 0 Å². The number of anilines is 1. The third-order valence-electron chi connectivity index (χ3n) is 4.93. The van der Waals surface area contributed by atoms with E-state index in [0.29, 0.717) is 16.3 Å². The molecule has 3 rings (SSSR count). The van der Waals surface area contributed by atoms with Crippen LogP contribution in [0.4, 0.5) is 5.69 Å². The van der Waals surface area contributed by atoms with Crippen LogP contribution in [0.5, 0.6) is 0 Å². The summed E-state index contributed by atoms with van der Waals surface area (Å²) in [6.45, 7) is 5.64. The summed E-state index contributed by atoms with van der Waals surface area (Å²) in [4.78, 5) is 24.0. The molecule has 0 spiro atoms. The molecule has 0 radical (unpaired) electrons. The molecule has 7 heteroatoms. The summed E-state index contributed by atoms with van der Waals surface area (Å²) in [5, 5.41) is 22.1. The maximum atomic E-state index is 12.6. The molecule has 2 N–H and O–H groups in total. The Hall–Kier alpha value is -3.82. The van der Waals surface area contributed by atoms with Crippen molar-refractivity contribution in [1.82, 2.24) is 4.57 Å². The fourth-order valence-electron chi connectivity index (χ4n) is 3.32. The smallest absolute Gasteiger partial charge is 0.335 e. The van der Waals surface area contributed by atoms with E-state index in [1.54, 1.807) is 42.5 Å². The Morgan fingerprint density at radius 3 is 2.39 bits per heavy atom. The number of rotatable bonds is 5. The van der Waals surface area contributed by atoms with Crippen molar-refractivity contribution in [2.24, 2.45) is 0 Å². The molecule has 1 amide bonds. The van der Waals surface area contributed by atoms with Gasteiger partial charge in [-0.05, 0) is 80.4 Å². The van der Waals surface area contributed by atoms with Crippen LogP contribution in [0.25, 0.3) is 11.8 Å². The van der Waals surface area contributed by atoms with Gasteiger partial charge in [-0.15, -0.1) is 0 Å². The minimum Gasteiger partial charge on any atom is -0.478 e. The van der Waals surface area contributed by atoms with Gasteiger partial charge in [-0.2, -0.15) is 5.26 Å². The molecule has 0 aliphatic heterocycles. The third-order valence-corrected chi connectivity index (χ3v) is 5.19. The first kappa shape index (κ1) is 21.9. The highest BCUT2D eigenvalue weighted by Gasteiger charge is 2.16. The Morgan fingerprint density at radius 2 is 1.77 bits per heavy atom. The van der Waals surface area contributed by atoms with E-state index < -0.39 is 11.9 Å². The Bertz CT molecular complexity index is 1250. The first-order valence-electron chi connectivity index (χ1n) is 9.43. The first-order valence-corrected chi connectivity index (χ1v) is 9.81. The van der Waals surface area contributed by atoms with Crippen LogP contribution in [0.1, 0.15) is 32.9 Å². The lowest BCUT2D eigenvalue weighted by atomic mass is 10.1. The highest BCUT2D eigenvalue weighted by atomic mass is 35.5. The summed E-state index contributed by atoms with van der Waals surface area (Å²) in [6, 6.07) is 15.3. The molecular formula is C24H20ClN3O3. The van der Waals surface area contributed by atoms with E-state index >= 15 is 0 Å². The Balaban J connectivity index is 1.99. The van der Waals surface area contributed by atoms with Gasteiger partial charge in [0.25, 0.3) is 5.91 Å². The molecule has 2 aromatic carbocycles. The van der Waals surface area contributed by atoms with Gasteiger partial charge in [-0.3, -0.25) is 4.79 Å².